The molecule has 0 bridgehead atoms. The van der Waals surface area contributed by atoms with Crippen LogP contribution in [0.5, 0.6) is 11.5 Å². The third-order valence-corrected chi connectivity index (χ3v) is 15.6. The molecule has 3 aromatic rings. The minimum Gasteiger partial charge on any atom is -0.497 e. The standard InChI is InChI=1S/C49H72N10O8S2/c1-10-22-50-44(60)36-18-16-14-12-11-13-15-17-19-37(54-47(63)56-43(49(6,7)8)29-57-23-24-59(32(4)5)69(57,64)65)46(62)58-28-34(26-41(58)45(61)53-36)67-42-27-39(40-30-68-48(55-40)51-31(2)3)52-38-25-33(66-9)20-21-35(38)42/h10,12,14,20-21,25,27,30-32,34,36-37,41,43H,1,11,13,15-19,22-24,26,28-29H2,2-9H3,(H,50,60)(H,51,55)(H,53,61)(H2,54,56,63)/b14-12-/t34-,36+,37+,41+,43-/m1/s1. The van der Waals surface area contributed by atoms with Crippen LogP contribution in [0.1, 0.15) is 99.8 Å². The Kier molecular flexibility index (Phi) is 18.1. The Labute approximate surface area is 411 Å². The maximum absolute atomic E-state index is 15.1. The molecule has 2 fully saturated rings. The van der Waals surface area contributed by atoms with E-state index in [1.807, 2.05) is 84.2 Å². The van der Waals surface area contributed by atoms with E-state index in [2.05, 4.69) is 39.2 Å². The number of aromatic nitrogens is 2. The molecule has 2 aromatic heterocycles. The number of carbonyl (C=O) groups is 4. The molecule has 0 spiro atoms. The van der Waals surface area contributed by atoms with Gasteiger partial charge in [0, 0.05) is 73.6 Å². The van der Waals surface area contributed by atoms with Crippen molar-refractivity contribution in [2.45, 2.75) is 142 Å². The summed E-state index contributed by atoms with van der Waals surface area (Å²) < 4.78 is 42.2. The minimum atomic E-state index is -3.74. The number of fused-ring (bicyclic) bond motifs is 2. The summed E-state index contributed by atoms with van der Waals surface area (Å²) >= 11 is 1.46. The number of nitrogens with zero attached hydrogens (tertiary/aromatic N) is 5. The van der Waals surface area contributed by atoms with Crippen molar-refractivity contribution in [2.24, 2.45) is 5.41 Å². The molecule has 20 heteroatoms. The number of anilines is 1. The van der Waals surface area contributed by atoms with Gasteiger partial charge in [-0.05, 0) is 77.3 Å². The van der Waals surface area contributed by atoms with Crippen LogP contribution >= 0.6 is 11.3 Å². The molecule has 5 amide bonds. The number of thiazole rings is 1. The van der Waals surface area contributed by atoms with Crippen molar-refractivity contribution in [3.8, 4) is 22.9 Å². The maximum Gasteiger partial charge on any atom is 0.315 e. The van der Waals surface area contributed by atoms with Gasteiger partial charge in [-0.25, -0.2) is 14.8 Å². The molecule has 0 unspecified atom stereocenters. The largest absolute Gasteiger partial charge is 0.497 e. The summed E-state index contributed by atoms with van der Waals surface area (Å²) in [7, 11) is -2.16. The average molecular weight is 993 g/mol. The minimum absolute atomic E-state index is 0.00890. The molecule has 0 saturated carbocycles. The SMILES string of the molecule is C=CCNC(=O)[C@@H]1CC/C=C\CCCCC[C@H](NC(=O)N[C@H](CN2CCN(C(C)C)S2(=O)=O)C(C)(C)C)C(=O)N2C[C@H](Oc3cc(-c4csc(NC(C)C)n4)nc4cc(OC)ccc34)C[C@H]2C(=O)N1. The van der Waals surface area contributed by atoms with Crippen molar-refractivity contribution in [2.75, 3.05) is 45.2 Å². The summed E-state index contributed by atoms with van der Waals surface area (Å²) in [5.41, 5.74) is 1.22. The Morgan fingerprint density at radius 1 is 1.01 bits per heavy atom. The Balaban J connectivity index is 1.32. The van der Waals surface area contributed by atoms with Crippen LogP contribution in [0.3, 0.4) is 0 Å². The van der Waals surface area contributed by atoms with E-state index in [1.165, 1.54) is 24.8 Å². The van der Waals surface area contributed by atoms with Gasteiger partial charge in [0.25, 0.3) is 10.2 Å². The van der Waals surface area contributed by atoms with Gasteiger partial charge in [0.15, 0.2) is 5.13 Å². The third-order valence-electron chi connectivity index (χ3n) is 12.6. The van der Waals surface area contributed by atoms with Crippen LogP contribution in [-0.4, -0.2) is 138 Å². The van der Waals surface area contributed by atoms with Gasteiger partial charge in [-0.1, -0.05) is 51.8 Å². The number of ether oxygens (including phenoxy) is 2. The average Bonchev–Trinajstić information content (AvgIpc) is 4.01. The lowest BCUT2D eigenvalue weighted by molar-refractivity contribution is -0.141. The zero-order valence-corrected chi connectivity index (χ0v) is 43.0. The van der Waals surface area contributed by atoms with E-state index in [0.717, 1.165) is 24.4 Å². The van der Waals surface area contributed by atoms with Crippen molar-refractivity contribution in [3.63, 3.8) is 0 Å². The summed E-state index contributed by atoms with van der Waals surface area (Å²) in [5.74, 6) is -0.311. The highest BCUT2D eigenvalue weighted by molar-refractivity contribution is 7.87. The molecule has 5 heterocycles. The second kappa shape index (κ2) is 23.5. The van der Waals surface area contributed by atoms with Crippen molar-refractivity contribution < 1.29 is 37.1 Å². The number of hydrogen-bond acceptors (Lipinski definition) is 12. The van der Waals surface area contributed by atoms with Crippen LogP contribution in [-0.2, 0) is 24.6 Å². The predicted molar refractivity (Wildman–Crippen MR) is 270 cm³/mol. The molecular weight excluding hydrogens is 921 g/mol. The second-order valence-corrected chi connectivity index (χ2v) is 22.4. The molecule has 6 rings (SSSR count). The lowest BCUT2D eigenvalue weighted by Crippen LogP contribution is -2.59. The molecule has 0 aliphatic carbocycles. The number of nitrogens with one attached hydrogen (secondary N) is 5. The van der Waals surface area contributed by atoms with E-state index in [4.69, 9.17) is 19.4 Å². The smallest absolute Gasteiger partial charge is 0.315 e. The number of benzene rings is 1. The first-order valence-corrected chi connectivity index (χ1v) is 26.4. The fraction of sp³-hybridized carbons (Fsp3) is 0.592. The summed E-state index contributed by atoms with van der Waals surface area (Å²) in [4.78, 5) is 68.6. The highest BCUT2D eigenvalue weighted by Crippen LogP contribution is 2.36. The van der Waals surface area contributed by atoms with Crippen LogP contribution in [0.25, 0.3) is 22.3 Å². The van der Waals surface area contributed by atoms with E-state index in [-0.39, 0.29) is 57.0 Å². The van der Waals surface area contributed by atoms with E-state index in [0.29, 0.717) is 59.6 Å². The number of pyridine rings is 1. The van der Waals surface area contributed by atoms with E-state index in [9.17, 15) is 22.8 Å². The number of rotatable bonds is 14. The topological polar surface area (TPSA) is 217 Å². The first kappa shape index (κ1) is 53.0. The molecule has 2 saturated heterocycles. The number of amides is 5. The summed E-state index contributed by atoms with van der Waals surface area (Å²) in [6.07, 6.45) is 9.22. The van der Waals surface area contributed by atoms with Crippen LogP contribution in [0.2, 0.25) is 0 Å². The first-order valence-electron chi connectivity index (χ1n) is 24.1. The second-order valence-electron chi connectivity index (χ2n) is 19.6. The van der Waals surface area contributed by atoms with Crippen LogP contribution in [0, 0.1) is 5.41 Å². The monoisotopic (exact) mass is 992 g/mol. The maximum atomic E-state index is 15.1. The lowest BCUT2D eigenvalue weighted by Gasteiger charge is -2.35. The molecule has 3 aliphatic rings. The van der Waals surface area contributed by atoms with E-state index in [1.54, 1.807) is 13.2 Å². The molecule has 378 valence electrons. The van der Waals surface area contributed by atoms with Gasteiger partial charge in [0.05, 0.1) is 24.9 Å². The number of hydrogen-bond donors (Lipinski definition) is 5. The molecule has 5 atom stereocenters. The Hall–Kier alpha value is -5.31. The van der Waals surface area contributed by atoms with Crippen molar-refractivity contribution in [3.05, 3.63) is 54.5 Å². The number of allylic oxidation sites excluding steroid dienone is 2. The summed E-state index contributed by atoms with van der Waals surface area (Å²) in [5, 5.41) is 18.4. The highest BCUT2D eigenvalue weighted by Gasteiger charge is 2.45. The predicted octanol–water partition coefficient (Wildman–Crippen LogP) is 5.98. The summed E-state index contributed by atoms with van der Waals surface area (Å²) in [6.45, 7) is 18.1. The van der Waals surface area contributed by atoms with Gasteiger partial charge in [-0.15, -0.1) is 17.9 Å². The lowest BCUT2D eigenvalue weighted by atomic mass is 9.86. The zero-order chi connectivity index (χ0) is 50.0. The van der Waals surface area contributed by atoms with Crippen LogP contribution < -0.4 is 36.1 Å². The molecule has 5 N–H and O–H groups in total. The van der Waals surface area contributed by atoms with Gasteiger partial charge < -0.3 is 41.0 Å². The zero-order valence-electron chi connectivity index (χ0n) is 41.4. The number of methoxy groups -OCH3 is 1. The Morgan fingerprint density at radius 2 is 1.78 bits per heavy atom. The van der Waals surface area contributed by atoms with Crippen molar-refractivity contribution >= 4 is 61.3 Å². The van der Waals surface area contributed by atoms with Crippen molar-refractivity contribution in [1.82, 2.24) is 44.7 Å². The Bertz CT molecular complexity index is 2440. The van der Waals surface area contributed by atoms with E-state index < -0.39 is 63.7 Å². The fourth-order valence-corrected chi connectivity index (χ4v) is 11.4. The van der Waals surface area contributed by atoms with Crippen LogP contribution in [0.15, 0.2) is 54.5 Å². The highest BCUT2D eigenvalue weighted by atomic mass is 32.2. The fourth-order valence-electron chi connectivity index (χ4n) is 8.76. The third kappa shape index (κ3) is 13.7. The molecule has 0 radical (unpaired) electrons. The van der Waals surface area contributed by atoms with Gasteiger partial charge in [-0.2, -0.15) is 17.0 Å². The van der Waals surface area contributed by atoms with Gasteiger partial charge in [-0.3, -0.25) is 14.4 Å². The molecular formula is C49H72N10O8S2. The first-order chi connectivity index (χ1) is 32.8. The van der Waals surface area contributed by atoms with Crippen molar-refractivity contribution in [1.29, 1.82) is 0 Å². The van der Waals surface area contributed by atoms with E-state index >= 15 is 4.79 Å². The molecule has 18 nitrogen and oxygen atoms in total. The summed E-state index contributed by atoms with van der Waals surface area (Å²) in [6, 6.07) is 2.96. The number of carbonyl (C=O) groups excluding carboxylic acids is 4. The van der Waals surface area contributed by atoms with Gasteiger partial charge in [0.1, 0.15) is 41.4 Å². The van der Waals surface area contributed by atoms with Gasteiger partial charge >= 0.3 is 6.03 Å². The molecule has 1 aromatic carbocycles. The van der Waals surface area contributed by atoms with Gasteiger partial charge in [0.2, 0.25) is 17.7 Å². The quantitative estimate of drug-likeness (QED) is 0.119. The Morgan fingerprint density at radius 3 is 2.48 bits per heavy atom. The molecule has 3 aliphatic heterocycles. The normalized spacial score (nSPS) is 23.0. The van der Waals surface area contributed by atoms with Crippen LogP contribution in [0.4, 0.5) is 9.93 Å². The molecule has 69 heavy (non-hydrogen) atoms. The number of urea groups is 1.